The van der Waals surface area contributed by atoms with E-state index in [1.54, 1.807) is 12.1 Å². The Kier molecular flexibility index (Phi) is 3.61. The number of hydrogen-bond acceptors (Lipinski definition) is 2. The topological polar surface area (TPSA) is 22.1 Å². The molecule has 0 bridgehead atoms. The number of hydrogen-bond donors (Lipinski definition) is 0. The highest BCUT2D eigenvalue weighted by molar-refractivity contribution is 5.19. The van der Waals surface area contributed by atoms with Crippen molar-refractivity contribution in [1.29, 1.82) is 0 Å². The zero-order valence-corrected chi connectivity index (χ0v) is 7.34. The van der Waals surface area contributed by atoms with E-state index in [0.29, 0.717) is 5.75 Å². The van der Waals surface area contributed by atoms with Gasteiger partial charge in [-0.05, 0) is 18.6 Å². The van der Waals surface area contributed by atoms with Crippen LogP contribution in [0.15, 0.2) is 18.3 Å². The molecule has 0 aliphatic rings. The molecule has 2 nitrogen and oxygen atoms in total. The molecule has 0 unspecified atom stereocenters. The Labute approximate surface area is 75.6 Å². The predicted octanol–water partition coefficient (Wildman–Crippen LogP) is 2.29. The third-order valence-corrected chi connectivity index (χ3v) is 1.54. The van der Waals surface area contributed by atoms with E-state index in [0.717, 1.165) is 12.1 Å². The molecular weight excluding hydrogens is 176 g/mol. The van der Waals surface area contributed by atoms with Crippen LogP contribution in [-0.2, 0) is 6.42 Å². The predicted molar refractivity (Wildman–Crippen MR) is 45.1 cm³/mol. The van der Waals surface area contributed by atoms with Crippen molar-refractivity contribution < 1.29 is 13.5 Å². The second-order valence-electron chi connectivity index (χ2n) is 2.54. The van der Waals surface area contributed by atoms with E-state index in [9.17, 15) is 8.78 Å². The summed E-state index contributed by atoms with van der Waals surface area (Å²) in [5, 5.41) is 0. The van der Waals surface area contributed by atoms with Crippen molar-refractivity contribution in [3.63, 3.8) is 0 Å². The monoisotopic (exact) mass is 187 g/mol. The molecule has 1 aromatic rings. The normalized spacial score (nSPS) is 10.5. The maximum absolute atomic E-state index is 11.7. The summed E-state index contributed by atoms with van der Waals surface area (Å²) in [5.41, 5.74) is 0.921. The molecule has 1 aromatic heterocycles. The van der Waals surface area contributed by atoms with Crippen LogP contribution in [0, 0.1) is 0 Å². The molecule has 4 heteroatoms. The van der Waals surface area contributed by atoms with Crippen LogP contribution in [-0.4, -0.2) is 18.0 Å². The van der Waals surface area contributed by atoms with E-state index in [1.807, 2.05) is 6.92 Å². The summed E-state index contributed by atoms with van der Waals surface area (Å²) in [6, 6.07) is 3.41. The highest BCUT2D eigenvalue weighted by Crippen LogP contribution is 2.10. The summed E-state index contributed by atoms with van der Waals surface area (Å²) in [6.07, 6.45) is -0.151. The zero-order valence-electron chi connectivity index (χ0n) is 7.34. The molecule has 0 atom stereocenters. The minimum Gasteiger partial charge on any atom is -0.486 e. The van der Waals surface area contributed by atoms with Crippen LogP contribution in [0.5, 0.6) is 5.75 Å². The Morgan fingerprint density at radius 2 is 2.23 bits per heavy atom. The first-order valence-corrected chi connectivity index (χ1v) is 4.08. The van der Waals surface area contributed by atoms with Crippen LogP contribution < -0.4 is 4.74 Å². The van der Waals surface area contributed by atoms with Gasteiger partial charge in [-0.15, -0.1) is 0 Å². The molecular formula is C9H11F2NO. The van der Waals surface area contributed by atoms with Crippen molar-refractivity contribution in [3.8, 4) is 5.75 Å². The van der Waals surface area contributed by atoms with Crippen molar-refractivity contribution in [2.75, 3.05) is 6.61 Å². The number of pyridine rings is 1. The number of nitrogens with zero attached hydrogens (tertiary/aromatic N) is 1. The Morgan fingerprint density at radius 3 is 2.69 bits per heavy atom. The first-order chi connectivity index (χ1) is 6.22. The van der Waals surface area contributed by atoms with Gasteiger partial charge in [0.05, 0.1) is 6.20 Å². The van der Waals surface area contributed by atoms with Crippen LogP contribution >= 0.6 is 0 Å². The quantitative estimate of drug-likeness (QED) is 0.721. The summed E-state index contributed by atoms with van der Waals surface area (Å²) in [5.74, 6) is 0.387. The van der Waals surface area contributed by atoms with E-state index >= 15 is 0 Å². The number of aromatic nitrogens is 1. The Bertz CT molecular complexity index is 248. The van der Waals surface area contributed by atoms with Gasteiger partial charge in [0, 0.05) is 5.69 Å². The van der Waals surface area contributed by atoms with Gasteiger partial charge in [-0.3, -0.25) is 4.98 Å². The fourth-order valence-corrected chi connectivity index (χ4v) is 0.865. The van der Waals surface area contributed by atoms with Crippen LogP contribution in [0.4, 0.5) is 8.78 Å². The lowest BCUT2D eigenvalue weighted by atomic mass is 10.3. The SMILES string of the molecule is CCc1ccc(OCC(F)F)cn1. The Hall–Kier alpha value is -1.19. The van der Waals surface area contributed by atoms with E-state index in [1.165, 1.54) is 6.20 Å². The molecule has 1 heterocycles. The van der Waals surface area contributed by atoms with E-state index in [4.69, 9.17) is 4.74 Å². The highest BCUT2D eigenvalue weighted by Gasteiger charge is 2.03. The molecule has 0 aromatic carbocycles. The lowest BCUT2D eigenvalue weighted by Crippen LogP contribution is -2.07. The van der Waals surface area contributed by atoms with Gasteiger partial charge in [0.2, 0.25) is 0 Å². The molecule has 0 saturated heterocycles. The number of rotatable bonds is 4. The third-order valence-electron chi connectivity index (χ3n) is 1.54. The molecule has 0 amide bonds. The van der Waals surface area contributed by atoms with Crippen molar-refractivity contribution in [2.45, 2.75) is 19.8 Å². The summed E-state index contributed by atoms with van der Waals surface area (Å²) in [6.45, 7) is 1.40. The van der Waals surface area contributed by atoms with Gasteiger partial charge >= 0.3 is 0 Å². The molecule has 0 N–H and O–H groups in total. The van der Waals surface area contributed by atoms with Gasteiger partial charge in [0.15, 0.2) is 0 Å². The summed E-state index contributed by atoms with van der Waals surface area (Å²) in [4.78, 5) is 4.01. The fraction of sp³-hybridized carbons (Fsp3) is 0.444. The van der Waals surface area contributed by atoms with Crippen LogP contribution in [0.1, 0.15) is 12.6 Å². The second-order valence-corrected chi connectivity index (χ2v) is 2.54. The largest absolute Gasteiger partial charge is 0.486 e. The van der Waals surface area contributed by atoms with Gasteiger partial charge < -0.3 is 4.74 Å². The first kappa shape index (κ1) is 9.89. The molecule has 72 valence electrons. The van der Waals surface area contributed by atoms with E-state index in [2.05, 4.69) is 4.98 Å². The maximum Gasteiger partial charge on any atom is 0.272 e. The number of alkyl halides is 2. The standard InChI is InChI=1S/C9H11F2NO/c1-2-7-3-4-8(5-12-7)13-6-9(10)11/h3-5,9H,2,6H2,1H3. The summed E-state index contributed by atoms with van der Waals surface area (Å²) in [7, 11) is 0. The summed E-state index contributed by atoms with van der Waals surface area (Å²) < 4.78 is 28.2. The molecule has 13 heavy (non-hydrogen) atoms. The maximum atomic E-state index is 11.7. The lowest BCUT2D eigenvalue weighted by molar-refractivity contribution is 0.0817. The van der Waals surface area contributed by atoms with Crippen molar-refractivity contribution in [3.05, 3.63) is 24.0 Å². The van der Waals surface area contributed by atoms with Gasteiger partial charge in [0.25, 0.3) is 6.43 Å². The van der Waals surface area contributed by atoms with Gasteiger partial charge in [-0.2, -0.15) is 0 Å². The average Bonchev–Trinajstić information content (AvgIpc) is 2.15. The van der Waals surface area contributed by atoms with Gasteiger partial charge in [-0.1, -0.05) is 6.92 Å². The van der Waals surface area contributed by atoms with E-state index < -0.39 is 13.0 Å². The van der Waals surface area contributed by atoms with Crippen molar-refractivity contribution in [1.82, 2.24) is 4.98 Å². The molecule has 0 spiro atoms. The third kappa shape index (κ3) is 3.36. The zero-order chi connectivity index (χ0) is 9.68. The van der Waals surface area contributed by atoms with Crippen LogP contribution in [0.3, 0.4) is 0 Å². The number of ether oxygens (including phenoxy) is 1. The smallest absolute Gasteiger partial charge is 0.272 e. The second kappa shape index (κ2) is 4.74. The fourth-order valence-electron chi connectivity index (χ4n) is 0.865. The minimum atomic E-state index is -2.44. The molecule has 0 radical (unpaired) electrons. The number of aryl methyl sites for hydroxylation is 1. The lowest BCUT2D eigenvalue weighted by Gasteiger charge is -2.04. The first-order valence-electron chi connectivity index (χ1n) is 4.08. The molecule has 0 fully saturated rings. The molecule has 1 rings (SSSR count). The Morgan fingerprint density at radius 1 is 1.46 bits per heavy atom. The highest BCUT2D eigenvalue weighted by atomic mass is 19.3. The van der Waals surface area contributed by atoms with Crippen LogP contribution in [0.25, 0.3) is 0 Å². The molecule has 0 saturated carbocycles. The Balaban J connectivity index is 2.49. The van der Waals surface area contributed by atoms with Crippen molar-refractivity contribution >= 4 is 0 Å². The van der Waals surface area contributed by atoms with Gasteiger partial charge in [0.1, 0.15) is 12.4 Å². The van der Waals surface area contributed by atoms with E-state index in [-0.39, 0.29) is 0 Å². The van der Waals surface area contributed by atoms with Crippen molar-refractivity contribution in [2.24, 2.45) is 0 Å². The molecule has 0 aliphatic carbocycles. The minimum absolute atomic E-state index is 0.387. The number of halogens is 2. The average molecular weight is 187 g/mol. The van der Waals surface area contributed by atoms with Crippen LogP contribution in [0.2, 0.25) is 0 Å². The summed E-state index contributed by atoms with van der Waals surface area (Å²) >= 11 is 0. The van der Waals surface area contributed by atoms with Gasteiger partial charge in [-0.25, -0.2) is 8.78 Å². The molecule has 0 aliphatic heterocycles.